The van der Waals surface area contributed by atoms with E-state index in [4.69, 9.17) is 4.74 Å². The van der Waals surface area contributed by atoms with Crippen molar-refractivity contribution >= 4 is 21.7 Å². The van der Waals surface area contributed by atoms with Crippen LogP contribution in [0.3, 0.4) is 0 Å². The van der Waals surface area contributed by atoms with E-state index in [2.05, 4.69) is 15.9 Å². The van der Waals surface area contributed by atoms with Crippen LogP contribution in [0.5, 0.6) is 5.75 Å². The van der Waals surface area contributed by atoms with Gasteiger partial charge in [0.25, 0.3) is 0 Å². The maximum absolute atomic E-state index is 13.8. The summed E-state index contributed by atoms with van der Waals surface area (Å²) < 4.78 is 19.7. The molecule has 0 amide bonds. The molecular weight excluding hydrogens is 311 g/mol. The van der Waals surface area contributed by atoms with Crippen molar-refractivity contribution in [1.29, 1.82) is 0 Å². The molecule has 2 rings (SSSR count). The van der Waals surface area contributed by atoms with Gasteiger partial charge in [-0.05, 0) is 40.5 Å². The second-order valence-corrected chi connectivity index (χ2v) is 4.95. The average molecular weight is 323 g/mol. The molecule has 19 heavy (non-hydrogen) atoms. The van der Waals surface area contributed by atoms with Crippen LogP contribution in [0.15, 0.2) is 46.9 Å². The summed E-state index contributed by atoms with van der Waals surface area (Å²) in [7, 11) is 0. The molecule has 0 atom stereocenters. The maximum Gasteiger partial charge on any atom is 0.165 e. The lowest BCUT2D eigenvalue weighted by molar-refractivity contribution is 0.101. The molecule has 0 saturated heterocycles. The van der Waals surface area contributed by atoms with E-state index in [1.54, 1.807) is 0 Å². The van der Waals surface area contributed by atoms with Gasteiger partial charge < -0.3 is 4.74 Å². The van der Waals surface area contributed by atoms with Crippen molar-refractivity contribution in [2.75, 3.05) is 0 Å². The molecule has 0 N–H and O–H groups in total. The smallest absolute Gasteiger partial charge is 0.165 e. The molecule has 0 aliphatic carbocycles. The molecule has 2 nitrogen and oxygen atoms in total. The van der Waals surface area contributed by atoms with E-state index < -0.39 is 5.82 Å². The van der Waals surface area contributed by atoms with Gasteiger partial charge >= 0.3 is 0 Å². The Hall–Kier alpha value is -1.68. The predicted molar refractivity (Wildman–Crippen MR) is 74.9 cm³/mol. The standard InChI is InChI=1S/C15H12BrFO2/c1-10(18)12-7-14(17)15(8-13(12)16)19-9-11-5-3-2-4-6-11/h2-8H,9H2,1H3. The van der Waals surface area contributed by atoms with Gasteiger partial charge in [-0.15, -0.1) is 0 Å². The maximum atomic E-state index is 13.8. The topological polar surface area (TPSA) is 26.3 Å². The van der Waals surface area contributed by atoms with E-state index in [0.29, 0.717) is 10.0 Å². The first-order chi connectivity index (χ1) is 9.08. The van der Waals surface area contributed by atoms with Crippen LogP contribution in [0.25, 0.3) is 0 Å². The zero-order valence-corrected chi connectivity index (χ0v) is 11.9. The van der Waals surface area contributed by atoms with Crippen LogP contribution in [0, 0.1) is 5.82 Å². The Morgan fingerprint density at radius 1 is 1.26 bits per heavy atom. The third-order valence-corrected chi connectivity index (χ3v) is 3.29. The van der Waals surface area contributed by atoms with E-state index in [1.165, 1.54) is 19.1 Å². The zero-order valence-electron chi connectivity index (χ0n) is 10.3. The number of ether oxygens (including phenoxy) is 1. The van der Waals surface area contributed by atoms with Gasteiger partial charge in [-0.2, -0.15) is 0 Å². The normalized spacial score (nSPS) is 10.3. The Bertz CT molecular complexity index is 597. The number of carbonyl (C=O) groups is 1. The van der Waals surface area contributed by atoms with Crippen LogP contribution in [0.4, 0.5) is 4.39 Å². The second kappa shape index (κ2) is 5.97. The third-order valence-electron chi connectivity index (χ3n) is 2.64. The summed E-state index contributed by atoms with van der Waals surface area (Å²) in [6, 6.07) is 12.2. The fourth-order valence-corrected chi connectivity index (χ4v) is 2.25. The van der Waals surface area contributed by atoms with E-state index in [1.807, 2.05) is 30.3 Å². The molecule has 4 heteroatoms. The van der Waals surface area contributed by atoms with Crippen molar-refractivity contribution in [3.8, 4) is 5.75 Å². The average Bonchev–Trinajstić information content (AvgIpc) is 2.40. The van der Waals surface area contributed by atoms with Crippen LogP contribution in [0.1, 0.15) is 22.8 Å². The fourth-order valence-electron chi connectivity index (χ4n) is 1.64. The van der Waals surface area contributed by atoms with Gasteiger partial charge in [-0.25, -0.2) is 4.39 Å². The fraction of sp³-hybridized carbons (Fsp3) is 0.133. The summed E-state index contributed by atoms with van der Waals surface area (Å²) in [5.74, 6) is -0.606. The molecule has 0 aliphatic rings. The summed E-state index contributed by atoms with van der Waals surface area (Å²) in [5.41, 5.74) is 1.26. The minimum Gasteiger partial charge on any atom is -0.486 e. The molecule has 0 unspecified atom stereocenters. The van der Waals surface area contributed by atoms with Crippen molar-refractivity contribution in [1.82, 2.24) is 0 Å². The van der Waals surface area contributed by atoms with E-state index in [9.17, 15) is 9.18 Å². The molecule has 0 radical (unpaired) electrons. The Kier molecular flexibility index (Phi) is 4.32. The highest BCUT2D eigenvalue weighted by Crippen LogP contribution is 2.27. The summed E-state index contributed by atoms with van der Waals surface area (Å²) >= 11 is 3.24. The lowest BCUT2D eigenvalue weighted by atomic mass is 10.1. The molecule has 0 saturated carbocycles. The van der Waals surface area contributed by atoms with Gasteiger partial charge in [0.15, 0.2) is 17.3 Å². The molecule has 2 aromatic rings. The van der Waals surface area contributed by atoms with E-state index in [0.717, 1.165) is 5.56 Å². The minimum atomic E-state index is -0.538. The summed E-state index contributed by atoms with van der Waals surface area (Å²) in [4.78, 5) is 11.3. The Labute approximate surface area is 119 Å². The van der Waals surface area contributed by atoms with Gasteiger partial charge in [0.1, 0.15) is 6.61 Å². The summed E-state index contributed by atoms with van der Waals surface area (Å²) in [5, 5.41) is 0. The van der Waals surface area contributed by atoms with E-state index >= 15 is 0 Å². The van der Waals surface area contributed by atoms with Crippen LogP contribution >= 0.6 is 15.9 Å². The number of ketones is 1. The predicted octanol–water partition coefficient (Wildman–Crippen LogP) is 4.37. The van der Waals surface area contributed by atoms with Crippen LogP contribution in [0.2, 0.25) is 0 Å². The lowest BCUT2D eigenvalue weighted by Gasteiger charge is -2.09. The summed E-state index contributed by atoms with van der Waals surface area (Å²) in [6.45, 7) is 1.67. The van der Waals surface area contributed by atoms with E-state index in [-0.39, 0.29) is 18.1 Å². The molecule has 0 bridgehead atoms. The van der Waals surface area contributed by atoms with Gasteiger partial charge in [-0.1, -0.05) is 30.3 Å². The quantitative estimate of drug-likeness (QED) is 0.781. The minimum absolute atomic E-state index is 0.126. The highest BCUT2D eigenvalue weighted by Gasteiger charge is 2.12. The Morgan fingerprint density at radius 3 is 2.58 bits per heavy atom. The molecule has 98 valence electrons. The van der Waals surface area contributed by atoms with Crippen LogP contribution < -0.4 is 4.74 Å². The van der Waals surface area contributed by atoms with Crippen molar-refractivity contribution in [2.24, 2.45) is 0 Å². The molecule has 0 spiro atoms. The van der Waals surface area contributed by atoms with Crippen molar-refractivity contribution in [2.45, 2.75) is 13.5 Å². The monoisotopic (exact) mass is 322 g/mol. The number of carbonyl (C=O) groups excluding carboxylic acids is 1. The number of halogens is 2. The van der Waals surface area contributed by atoms with Crippen molar-refractivity contribution < 1.29 is 13.9 Å². The molecular formula is C15H12BrFO2. The summed E-state index contributed by atoms with van der Waals surface area (Å²) in [6.07, 6.45) is 0. The zero-order chi connectivity index (χ0) is 13.8. The van der Waals surface area contributed by atoms with Gasteiger partial charge in [0, 0.05) is 10.0 Å². The SMILES string of the molecule is CC(=O)c1cc(F)c(OCc2ccccc2)cc1Br. The second-order valence-electron chi connectivity index (χ2n) is 4.09. The molecule has 0 fully saturated rings. The number of rotatable bonds is 4. The highest BCUT2D eigenvalue weighted by atomic mass is 79.9. The van der Waals surface area contributed by atoms with Crippen LogP contribution in [-0.2, 0) is 6.61 Å². The van der Waals surface area contributed by atoms with Gasteiger partial charge in [0.05, 0.1) is 0 Å². The van der Waals surface area contributed by atoms with Crippen molar-refractivity contribution in [3.05, 3.63) is 63.9 Å². The Balaban J connectivity index is 2.17. The number of Topliss-reactive ketones (excluding diaryl/α,β-unsaturated/α-hetero) is 1. The molecule has 2 aromatic carbocycles. The van der Waals surface area contributed by atoms with Gasteiger partial charge in [-0.3, -0.25) is 4.79 Å². The lowest BCUT2D eigenvalue weighted by Crippen LogP contribution is -2.00. The van der Waals surface area contributed by atoms with Crippen LogP contribution in [-0.4, -0.2) is 5.78 Å². The number of benzene rings is 2. The number of hydrogen-bond acceptors (Lipinski definition) is 2. The molecule has 0 heterocycles. The third kappa shape index (κ3) is 3.41. The first kappa shape index (κ1) is 13.7. The Morgan fingerprint density at radius 2 is 1.95 bits per heavy atom. The first-order valence-electron chi connectivity index (χ1n) is 5.74. The molecule has 0 aliphatic heterocycles. The number of hydrogen-bond donors (Lipinski definition) is 0. The molecule has 0 aromatic heterocycles. The van der Waals surface area contributed by atoms with Gasteiger partial charge in [0.2, 0.25) is 0 Å². The largest absolute Gasteiger partial charge is 0.486 e. The van der Waals surface area contributed by atoms with Crippen molar-refractivity contribution in [3.63, 3.8) is 0 Å². The highest BCUT2D eigenvalue weighted by molar-refractivity contribution is 9.10. The first-order valence-corrected chi connectivity index (χ1v) is 6.54.